The minimum Gasteiger partial charge on any atom is -0.392 e. The standard InChI is InChI=1S/C29H30N6O3/c1-29(2)14-18-13-23-28(38)35(11-10-34(23)24(18)15-29)26-21(17-36)20(7-9-31-26)19-12-22(27(37)33(3)16-19)32-25-6-4-5-8-30-25/h4-9,12-13,16,36H,10-11,14-15,17H2,1-3H3,(H,30,32). The van der Waals surface area contributed by atoms with Gasteiger partial charge in [0.25, 0.3) is 11.5 Å². The monoisotopic (exact) mass is 510 g/mol. The van der Waals surface area contributed by atoms with Gasteiger partial charge >= 0.3 is 0 Å². The Balaban J connectivity index is 1.38. The minimum atomic E-state index is -0.306. The third-order valence-corrected chi connectivity index (χ3v) is 7.49. The first-order valence-electron chi connectivity index (χ1n) is 12.8. The summed E-state index contributed by atoms with van der Waals surface area (Å²) in [4.78, 5) is 37.0. The molecule has 1 amide bonds. The van der Waals surface area contributed by atoms with E-state index in [1.54, 1.807) is 54.8 Å². The molecule has 2 N–H and O–H groups in total. The Morgan fingerprint density at radius 1 is 1.05 bits per heavy atom. The average molecular weight is 511 g/mol. The summed E-state index contributed by atoms with van der Waals surface area (Å²) < 4.78 is 3.65. The number of fused-ring (bicyclic) bond motifs is 3. The molecule has 1 aliphatic heterocycles. The van der Waals surface area contributed by atoms with E-state index in [2.05, 4.69) is 33.7 Å². The van der Waals surface area contributed by atoms with Gasteiger partial charge in [0.2, 0.25) is 0 Å². The third kappa shape index (κ3) is 3.99. The summed E-state index contributed by atoms with van der Waals surface area (Å²) in [6.07, 6.45) is 6.95. The molecular formula is C29H30N6O3. The van der Waals surface area contributed by atoms with Crippen LogP contribution in [0.5, 0.6) is 0 Å². The molecule has 38 heavy (non-hydrogen) atoms. The second kappa shape index (κ2) is 8.95. The summed E-state index contributed by atoms with van der Waals surface area (Å²) in [5.41, 5.74) is 5.52. The molecule has 0 unspecified atom stereocenters. The van der Waals surface area contributed by atoms with E-state index in [-0.39, 0.29) is 23.5 Å². The lowest BCUT2D eigenvalue weighted by Crippen LogP contribution is -2.41. The van der Waals surface area contributed by atoms with Gasteiger partial charge in [-0.05, 0) is 59.7 Å². The minimum absolute atomic E-state index is 0.110. The van der Waals surface area contributed by atoms with Gasteiger partial charge in [-0.1, -0.05) is 19.9 Å². The van der Waals surface area contributed by atoms with Crippen molar-refractivity contribution in [2.24, 2.45) is 12.5 Å². The molecule has 9 heteroatoms. The number of carbonyl (C=O) groups excluding carboxylic acids is 1. The molecular weight excluding hydrogens is 480 g/mol. The van der Waals surface area contributed by atoms with Crippen LogP contribution >= 0.6 is 0 Å². The fraction of sp³-hybridized carbons (Fsp3) is 0.310. The van der Waals surface area contributed by atoms with Crippen LogP contribution in [0.2, 0.25) is 0 Å². The smallest absolute Gasteiger partial charge is 0.276 e. The first-order chi connectivity index (χ1) is 18.3. The van der Waals surface area contributed by atoms with E-state index in [0.29, 0.717) is 52.8 Å². The Bertz CT molecular complexity index is 1620. The Labute approximate surface area is 220 Å². The van der Waals surface area contributed by atoms with Gasteiger partial charge in [-0.15, -0.1) is 0 Å². The van der Waals surface area contributed by atoms with E-state index in [1.165, 1.54) is 15.8 Å². The fourth-order valence-corrected chi connectivity index (χ4v) is 5.78. The van der Waals surface area contributed by atoms with Crippen molar-refractivity contribution in [2.75, 3.05) is 16.8 Å². The largest absolute Gasteiger partial charge is 0.392 e. The summed E-state index contributed by atoms with van der Waals surface area (Å²) in [7, 11) is 1.68. The van der Waals surface area contributed by atoms with Crippen LogP contribution in [0.4, 0.5) is 17.3 Å². The Hall–Kier alpha value is -4.24. The Morgan fingerprint density at radius 2 is 1.89 bits per heavy atom. The van der Waals surface area contributed by atoms with Gasteiger partial charge < -0.3 is 19.6 Å². The van der Waals surface area contributed by atoms with Crippen molar-refractivity contribution in [3.8, 4) is 11.1 Å². The summed E-state index contributed by atoms with van der Waals surface area (Å²) in [6, 6.07) is 11.0. The number of amides is 1. The molecule has 0 saturated carbocycles. The fourth-order valence-electron chi connectivity index (χ4n) is 5.78. The molecule has 0 aromatic carbocycles. The van der Waals surface area contributed by atoms with Gasteiger partial charge in [0.15, 0.2) is 0 Å². The SMILES string of the molecule is Cn1cc(-c2ccnc(N3CCn4c(cc5c4CC(C)(C)C5)C3=O)c2CO)cc(Nc2ccccn2)c1=O. The van der Waals surface area contributed by atoms with Gasteiger partial charge in [0, 0.05) is 55.5 Å². The number of hydrogen-bond donors (Lipinski definition) is 2. The van der Waals surface area contributed by atoms with Crippen molar-refractivity contribution >= 4 is 23.2 Å². The molecule has 0 saturated heterocycles. The molecule has 4 aromatic heterocycles. The maximum atomic E-state index is 13.7. The highest BCUT2D eigenvalue weighted by atomic mass is 16.3. The maximum absolute atomic E-state index is 13.7. The van der Waals surface area contributed by atoms with E-state index in [1.807, 2.05) is 12.1 Å². The Kier molecular flexibility index (Phi) is 5.68. The van der Waals surface area contributed by atoms with Crippen LogP contribution in [0, 0.1) is 5.41 Å². The van der Waals surface area contributed by atoms with Crippen molar-refractivity contribution in [2.45, 2.75) is 39.8 Å². The Morgan fingerprint density at radius 3 is 2.66 bits per heavy atom. The van der Waals surface area contributed by atoms with Crippen LogP contribution < -0.4 is 15.8 Å². The molecule has 6 rings (SSSR count). The highest BCUT2D eigenvalue weighted by Gasteiger charge is 2.37. The number of rotatable bonds is 5. The maximum Gasteiger partial charge on any atom is 0.276 e. The lowest BCUT2D eigenvalue weighted by atomic mass is 9.90. The number of carbonyl (C=O) groups is 1. The van der Waals surface area contributed by atoms with E-state index >= 15 is 0 Å². The first-order valence-corrected chi connectivity index (χ1v) is 12.8. The molecule has 0 atom stereocenters. The molecule has 5 heterocycles. The second-order valence-electron chi connectivity index (χ2n) is 10.8. The molecule has 0 radical (unpaired) electrons. The quantitative estimate of drug-likeness (QED) is 0.425. The highest BCUT2D eigenvalue weighted by Crippen LogP contribution is 2.40. The number of pyridine rings is 3. The summed E-state index contributed by atoms with van der Waals surface area (Å²) in [6.45, 7) is 5.37. The van der Waals surface area contributed by atoms with E-state index in [4.69, 9.17) is 0 Å². The predicted octanol–water partition coefficient (Wildman–Crippen LogP) is 3.66. The van der Waals surface area contributed by atoms with E-state index < -0.39 is 0 Å². The lowest BCUT2D eigenvalue weighted by Gasteiger charge is -2.31. The van der Waals surface area contributed by atoms with E-state index in [0.717, 1.165) is 12.8 Å². The third-order valence-electron chi connectivity index (χ3n) is 7.49. The van der Waals surface area contributed by atoms with Crippen LogP contribution in [-0.4, -0.2) is 36.7 Å². The van der Waals surface area contributed by atoms with Crippen molar-refractivity contribution in [3.05, 3.63) is 87.9 Å². The van der Waals surface area contributed by atoms with Gasteiger partial charge in [-0.25, -0.2) is 9.97 Å². The predicted molar refractivity (Wildman–Crippen MR) is 146 cm³/mol. The highest BCUT2D eigenvalue weighted by molar-refractivity contribution is 6.06. The zero-order valence-electron chi connectivity index (χ0n) is 21.7. The van der Waals surface area contributed by atoms with Crippen LogP contribution in [-0.2, 0) is 33.0 Å². The first kappa shape index (κ1) is 24.1. The number of aromatic nitrogens is 4. The summed E-state index contributed by atoms with van der Waals surface area (Å²) in [5, 5.41) is 13.6. The van der Waals surface area contributed by atoms with Crippen molar-refractivity contribution < 1.29 is 9.90 Å². The molecule has 194 valence electrons. The van der Waals surface area contributed by atoms with Crippen LogP contribution in [0.15, 0.2) is 59.8 Å². The van der Waals surface area contributed by atoms with E-state index in [9.17, 15) is 14.7 Å². The van der Waals surface area contributed by atoms with Crippen LogP contribution in [0.1, 0.15) is 41.2 Å². The lowest BCUT2D eigenvalue weighted by molar-refractivity contribution is 0.0962. The number of aliphatic hydroxyl groups is 1. The zero-order chi connectivity index (χ0) is 26.6. The number of nitrogens with one attached hydrogen (secondary N) is 1. The van der Waals surface area contributed by atoms with Gasteiger partial charge in [0.1, 0.15) is 23.0 Å². The molecule has 2 aliphatic rings. The molecule has 0 bridgehead atoms. The van der Waals surface area contributed by atoms with Crippen molar-refractivity contribution in [1.29, 1.82) is 0 Å². The molecule has 1 aliphatic carbocycles. The van der Waals surface area contributed by atoms with Crippen LogP contribution in [0.25, 0.3) is 11.1 Å². The molecule has 9 nitrogen and oxygen atoms in total. The normalized spacial score (nSPS) is 15.9. The average Bonchev–Trinajstić information content (AvgIpc) is 3.39. The second-order valence-corrected chi connectivity index (χ2v) is 10.8. The number of anilines is 3. The molecule has 0 spiro atoms. The van der Waals surface area contributed by atoms with Gasteiger partial charge in [-0.2, -0.15) is 0 Å². The molecule has 4 aromatic rings. The number of aryl methyl sites for hydroxylation is 1. The topological polar surface area (TPSA) is 105 Å². The number of hydrogen-bond acceptors (Lipinski definition) is 6. The number of nitrogens with zero attached hydrogens (tertiary/aromatic N) is 5. The van der Waals surface area contributed by atoms with Gasteiger partial charge in [0.05, 0.1) is 6.61 Å². The van der Waals surface area contributed by atoms with Crippen LogP contribution in [0.3, 0.4) is 0 Å². The summed E-state index contributed by atoms with van der Waals surface area (Å²) >= 11 is 0. The summed E-state index contributed by atoms with van der Waals surface area (Å²) in [5.74, 6) is 0.883. The zero-order valence-corrected chi connectivity index (χ0v) is 21.7. The number of aliphatic hydroxyl groups excluding tert-OH is 1. The van der Waals surface area contributed by atoms with Gasteiger partial charge in [-0.3, -0.25) is 14.5 Å². The van der Waals surface area contributed by atoms with Crippen molar-refractivity contribution in [3.63, 3.8) is 0 Å². The van der Waals surface area contributed by atoms with Crippen molar-refractivity contribution in [1.82, 2.24) is 19.1 Å². The molecule has 0 fully saturated rings.